The lowest BCUT2D eigenvalue weighted by molar-refractivity contribution is -0.134. The van der Waals surface area contributed by atoms with Crippen LogP contribution in [0, 0.1) is 12.8 Å². The summed E-state index contributed by atoms with van der Waals surface area (Å²) in [5.41, 5.74) is 3.16. The smallest absolute Gasteiger partial charge is 0.297 e. The third kappa shape index (κ3) is 7.87. The first-order valence-electron chi connectivity index (χ1n) is 12.1. The number of hydroxylamine groups is 1. The molecule has 3 aromatic rings. The standard InChI is InChI=1S/C27H32N2O8S2/c1-20(2)26(27(30)28-31)29(19-22-7-5-4-6-8-22)38(32,33)24-15-11-23(12-16-24)36-17-18-37-39(34,35)25-13-9-21(3)10-14-25/h4-16,20,26,31H,17-19H2,1-3H3,(H,28,30)/t26-/m1/s1. The average Bonchev–Trinajstić information content (AvgIpc) is 2.91. The summed E-state index contributed by atoms with van der Waals surface area (Å²) in [6.07, 6.45) is 0. The number of benzene rings is 3. The Balaban J connectivity index is 1.73. The van der Waals surface area contributed by atoms with Crippen LogP contribution in [0.3, 0.4) is 0 Å². The molecule has 2 N–H and O–H groups in total. The van der Waals surface area contributed by atoms with Gasteiger partial charge in [0.1, 0.15) is 25.0 Å². The van der Waals surface area contributed by atoms with Crippen molar-refractivity contribution < 1.29 is 35.8 Å². The predicted molar refractivity (Wildman–Crippen MR) is 144 cm³/mol. The lowest BCUT2D eigenvalue weighted by atomic mass is 10.0. The summed E-state index contributed by atoms with van der Waals surface area (Å²) in [6.45, 7) is 4.79. The summed E-state index contributed by atoms with van der Waals surface area (Å²) < 4.78 is 63.5. The van der Waals surface area contributed by atoms with E-state index in [9.17, 15) is 26.8 Å². The van der Waals surface area contributed by atoms with Crippen LogP contribution in [0.2, 0.25) is 0 Å². The van der Waals surface area contributed by atoms with Crippen molar-refractivity contribution in [1.29, 1.82) is 0 Å². The normalized spacial score (nSPS) is 12.9. The van der Waals surface area contributed by atoms with Gasteiger partial charge in [0.05, 0.1) is 9.79 Å². The van der Waals surface area contributed by atoms with Gasteiger partial charge in [-0.15, -0.1) is 0 Å². The predicted octanol–water partition coefficient (Wildman–Crippen LogP) is 3.50. The molecule has 0 saturated carbocycles. The molecule has 0 heterocycles. The van der Waals surface area contributed by atoms with E-state index in [0.29, 0.717) is 11.3 Å². The fourth-order valence-electron chi connectivity index (χ4n) is 3.85. The van der Waals surface area contributed by atoms with Crippen LogP contribution < -0.4 is 10.2 Å². The first-order valence-corrected chi connectivity index (χ1v) is 15.0. The Hall–Kier alpha value is -3.29. The second-order valence-corrected chi connectivity index (χ2v) is 12.6. The molecule has 3 aromatic carbocycles. The molecule has 0 bridgehead atoms. The van der Waals surface area contributed by atoms with Gasteiger partial charge < -0.3 is 4.74 Å². The Morgan fingerprint density at radius 2 is 1.46 bits per heavy atom. The van der Waals surface area contributed by atoms with E-state index in [-0.39, 0.29) is 29.5 Å². The van der Waals surface area contributed by atoms with Gasteiger partial charge in [-0.25, -0.2) is 13.9 Å². The molecule has 1 amide bonds. The molecular weight excluding hydrogens is 544 g/mol. The van der Waals surface area contributed by atoms with Crippen molar-refractivity contribution in [3.63, 3.8) is 0 Å². The Bertz CT molecular complexity index is 1440. The van der Waals surface area contributed by atoms with Crippen molar-refractivity contribution in [2.75, 3.05) is 13.2 Å². The number of sulfonamides is 1. The average molecular weight is 577 g/mol. The van der Waals surface area contributed by atoms with Gasteiger partial charge in [-0.3, -0.25) is 14.2 Å². The highest BCUT2D eigenvalue weighted by Gasteiger charge is 2.38. The number of carbonyl (C=O) groups is 1. The number of carbonyl (C=O) groups excluding carboxylic acids is 1. The van der Waals surface area contributed by atoms with E-state index in [1.54, 1.807) is 61.8 Å². The van der Waals surface area contributed by atoms with Crippen molar-refractivity contribution in [2.24, 2.45) is 5.92 Å². The van der Waals surface area contributed by atoms with Crippen LogP contribution >= 0.6 is 0 Å². The molecule has 10 nitrogen and oxygen atoms in total. The monoisotopic (exact) mass is 576 g/mol. The number of amides is 1. The summed E-state index contributed by atoms with van der Waals surface area (Å²) >= 11 is 0. The number of nitrogens with zero attached hydrogens (tertiary/aromatic N) is 1. The van der Waals surface area contributed by atoms with Crippen LogP contribution in [0.5, 0.6) is 5.75 Å². The minimum atomic E-state index is -4.19. The van der Waals surface area contributed by atoms with Crippen molar-refractivity contribution in [3.8, 4) is 5.75 Å². The molecule has 1 atom stereocenters. The third-order valence-corrected chi connectivity index (χ3v) is 9.00. The van der Waals surface area contributed by atoms with Gasteiger partial charge in [0.2, 0.25) is 10.0 Å². The molecule has 3 rings (SSSR count). The van der Waals surface area contributed by atoms with Gasteiger partial charge in [-0.05, 0) is 54.8 Å². The minimum absolute atomic E-state index is 0.0392. The summed E-state index contributed by atoms with van der Waals surface area (Å²) in [5, 5.41) is 9.29. The SMILES string of the molecule is Cc1ccc(S(=O)(=O)OCCOc2ccc(S(=O)(=O)N(Cc3ccccc3)[C@@H](C(=O)NO)C(C)C)cc2)cc1. The molecule has 210 valence electrons. The molecule has 0 saturated heterocycles. The van der Waals surface area contributed by atoms with Crippen LogP contribution in [0.4, 0.5) is 0 Å². The number of hydrogen-bond donors (Lipinski definition) is 2. The molecule has 12 heteroatoms. The summed E-state index contributed by atoms with van der Waals surface area (Å²) in [5.74, 6) is -0.993. The maximum Gasteiger partial charge on any atom is 0.297 e. The lowest BCUT2D eigenvalue weighted by Gasteiger charge is -2.32. The van der Waals surface area contributed by atoms with Gasteiger partial charge in [0.15, 0.2) is 0 Å². The summed E-state index contributed by atoms with van der Waals surface area (Å²) in [6, 6.07) is 19.4. The highest BCUT2D eigenvalue weighted by atomic mass is 32.2. The largest absolute Gasteiger partial charge is 0.491 e. The topological polar surface area (TPSA) is 139 Å². The molecule has 0 aromatic heterocycles. The van der Waals surface area contributed by atoms with Crippen LogP contribution in [-0.4, -0.2) is 51.5 Å². The van der Waals surface area contributed by atoms with E-state index in [2.05, 4.69) is 0 Å². The van der Waals surface area contributed by atoms with E-state index >= 15 is 0 Å². The Morgan fingerprint density at radius 3 is 2.03 bits per heavy atom. The Labute approximate surface area is 229 Å². The van der Waals surface area contributed by atoms with E-state index in [4.69, 9.17) is 8.92 Å². The van der Waals surface area contributed by atoms with E-state index in [1.165, 1.54) is 36.4 Å². The van der Waals surface area contributed by atoms with E-state index in [1.807, 2.05) is 6.92 Å². The summed E-state index contributed by atoms with van der Waals surface area (Å²) in [7, 11) is -8.12. The molecule has 39 heavy (non-hydrogen) atoms. The molecule has 0 radical (unpaired) electrons. The number of aryl methyl sites for hydroxylation is 1. The number of ether oxygens (including phenoxy) is 1. The van der Waals surface area contributed by atoms with Crippen LogP contribution in [0.25, 0.3) is 0 Å². The number of hydrogen-bond acceptors (Lipinski definition) is 8. The Morgan fingerprint density at radius 1 is 0.872 bits per heavy atom. The van der Waals surface area contributed by atoms with Gasteiger partial charge in [-0.1, -0.05) is 61.9 Å². The molecule has 0 aliphatic heterocycles. The fourth-order valence-corrected chi connectivity index (χ4v) is 6.45. The van der Waals surface area contributed by atoms with Crippen LogP contribution in [0.15, 0.2) is 88.7 Å². The first-order chi connectivity index (χ1) is 18.5. The molecule has 0 spiro atoms. The lowest BCUT2D eigenvalue weighted by Crippen LogP contribution is -2.51. The van der Waals surface area contributed by atoms with Crippen molar-refractivity contribution in [1.82, 2.24) is 9.79 Å². The third-order valence-electron chi connectivity index (χ3n) is 5.83. The molecule has 0 fully saturated rings. The zero-order valence-corrected chi connectivity index (χ0v) is 23.5. The van der Waals surface area contributed by atoms with Gasteiger partial charge in [-0.2, -0.15) is 12.7 Å². The Kier molecular flexibility index (Phi) is 10.2. The molecule has 0 aliphatic carbocycles. The summed E-state index contributed by atoms with van der Waals surface area (Å²) in [4.78, 5) is 12.5. The zero-order chi connectivity index (χ0) is 28.6. The van der Waals surface area contributed by atoms with Crippen molar-refractivity contribution in [3.05, 3.63) is 90.0 Å². The van der Waals surface area contributed by atoms with E-state index in [0.717, 1.165) is 9.87 Å². The van der Waals surface area contributed by atoms with Gasteiger partial charge in [0, 0.05) is 6.54 Å². The quantitative estimate of drug-likeness (QED) is 0.136. The minimum Gasteiger partial charge on any atom is -0.491 e. The van der Waals surface area contributed by atoms with Crippen LogP contribution in [-0.2, 0) is 35.7 Å². The second kappa shape index (κ2) is 13.2. The first kappa shape index (κ1) is 30.3. The van der Waals surface area contributed by atoms with Gasteiger partial charge >= 0.3 is 0 Å². The maximum absolute atomic E-state index is 13.7. The van der Waals surface area contributed by atoms with Crippen molar-refractivity contribution >= 4 is 26.0 Å². The van der Waals surface area contributed by atoms with E-state index < -0.39 is 38.0 Å². The van der Waals surface area contributed by atoms with Crippen LogP contribution in [0.1, 0.15) is 25.0 Å². The highest BCUT2D eigenvalue weighted by molar-refractivity contribution is 7.89. The highest BCUT2D eigenvalue weighted by Crippen LogP contribution is 2.26. The zero-order valence-electron chi connectivity index (χ0n) is 21.9. The molecular formula is C27H32N2O8S2. The number of rotatable bonds is 13. The molecule has 0 unspecified atom stereocenters. The maximum atomic E-state index is 13.7. The number of nitrogens with one attached hydrogen (secondary N) is 1. The second-order valence-electron chi connectivity index (χ2n) is 9.11. The van der Waals surface area contributed by atoms with Crippen molar-refractivity contribution in [2.45, 2.75) is 43.1 Å². The van der Waals surface area contributed by atoms with Gasteiger partial charge in [0.25, 0.3) is 16.0 Å². The molecule has 0 aliphatic rings. The fraction of sp³-hybridized carbons (Fsp3) is 0.296.